The number of aliphatic hydroxyl groups excluding tert-OH is 1. The number of aromatic nitrogens is 2. The highest BCUT2D eigenvalue weighted by molar-refractivity contribution is 5.51. The zero-order valence-electron chi connectivity index (χ0n) is 13.5. The van der Waals surface area contributed by atoms with Gasteiger partial charge in [-0.1, -0.05) is 19.8 Å². The summed E-state index contributed by atoms with van der Waals surface area (Å²) in [6, 6.07) is 0. The summed E-state index contributed by atoms with van der Waals surface area (Å²) in [7, 11) is 0. The Morgan fingerprint density at radius 2 is 1.90 bits per heavy atom. The molecule has 1 aliphatic rings. The first-order chi connectivity index (χ1) is 10.0. The fourth-order valence-corrected chi connectivity index (χ4v) is 3.17. The second kappa shape index (κ2) is 6.60. The molecule has 0 radical (unpaired) electrons. The molecule has 1 aromatic rings. The van der Waals surface area contributed by atoms with Crippen molar-refractivity contribution in [1.82, 2.24) is 9.97 Å². The van der Waals surface area contributed by atoms with Crippen LogP contribution in [-0.2, 0) is 0 Å². The van der Waals surface area contributed by atoms with Gasteiger partial charge in [0.2, 0.25) is 5.95 Å². The van der Waals surface area contributed by atoms with Crippen molar-refractivity contribution in [2.75, 3.05) is 30.3 Å². The molecule has 0 aliphatic carbocycles. The first-order valence-electron chi connectivity index (χ1n) is 7.98. The van der Waals surface area contributed by atoms with Crippen molar-refractivity contribution in [2.45, 2.75) is 52.9 Å². The number of aryl methyl sites for hydroxylation is 1. The smallest absolute Gasteiger partial charge is 0.222 e. The van der Waals surface area contributed by atoms with E-state index in [4.69, 9.17) is 5.73 Å². The Balaban J connectivity index is 2.10. The number of nitrogens with zero attached hydrogens (tertiary/aromatic N) is 3. The van der Waals surface area contributed by atoms with Crippen molar-refractivity contribution in [3.05, 3.63) is 11.3 Å². The molecule has 1 aliphatic heterocycles. The summed E-state index contributed by atoms with van der Waals surface area (Å²) in [6.45, 7) is 8.39. The van der Waals surface area contributed by atoms with Gasteiger partial charge in [-0.25, -0.2) is 4.98 Å². The Labute approximate surface area is 127 Å². The number of piperidine rings is 1. The monoisotopic (exact) mass is 292 g/mol. The van der Waals surface area contributed by atoms with Crippen LogP contribution in [0, 0.1) is 19.3 Å². The largest absolute Gasteiger partial charge is 0.396 e. The fourth-order valence-electron chi connectivity index (χ4n) is 3.17. The van der Waals surface area contributed by atoms with Crippen LogP contribution in [0.4, 0.5) is 11.8 Å². The zero-order valence-corrected chi connectivity index (χ0v) is 13.5. The number of hydrogen-bond donors (Lipinski definition) is 2. The Kier molecular flexibility index (Phi) is 5.04. The van der Waals surface area contributed by atoms with Gasteiger partial charge < -0.3 is 15.7 Å². The normalized spacial score (nSPS) is 18.0. The van der Waals surface area contributed by atoms with Crippen molar-refractivity contribution in [1.29, 1.82) is 0 Å². The van der Waals surface area contributed by atoms with E-state index in [1.54, 1.807) is 0 Å². The van der Waals surface area contributed by atoms with Crippen LogP contribution in [0.1, 0.15) is 50.3 Å². The summed E-state index contributed by atoms with van der Waals surface area (Å²) in [6.07, 6.45) is 5.54. The molecule has 118 valence electrons. The molecule has 0 unspecified atom stereocenters. The highest BCUT2D eigenvalue weighted by Crippen LogP contribution is 2.37. The summed E-state index contributed by atoms with van der Waals surface area (Å²) in [5.41, 5.74) is 7.95. The quantitative estimate of drug-likeness (QED) is 0.872. The molecule has 5 nitrogen and oxygen atoms in total. The predicted octanol–water partition coefficient (Wildman–Crippen LogP) is 2.44. The van der Waals surface area contributed by atoms with Crippen LogP contribution in [-0.4, -0.2) is 34.8 Å². The van der Waals surface area contributed by atoms with Gasteiger partial charge in [0.05, 0.1) is 0 Å². The molecule has 0 spiro atoms. The van der Waals surface area contributed by atoms with Crippen LogP contribution in [0.5, 0.6) is 0 Å². The fraction of sp³-hybridized carbons (Fsp3) is 0.750. The van der Waals surface area contributed by atoms with Gasteiger partial charge in [-0.3, -0.25) is 0 Å². The lowest BCUT2D eigenvalue weighted by molar-refractivity contribution is 0.0845. The van der Waals surface area contributed by atoms with Crippen LogP contribution in [0.25, 0.3) is 0 Å². The maximum absolute atomic E-state index is 9.80. The zero-order chi connectivity index (χ0) is 15.5. The summed E-state index contributed by atoms with van der Waals surface area (Å²) < 4.78 is 0. The van der Waals surface area contributed by atoms with Gasteiger partial charge in [-0.15, -0.1) is 0 Å². The van der Waals surface area contributed by atoms with E-state index in [-0.39, 0.29) is 5.41 Å². The third-order valence-electron chi connectivity index (χ3n) is 4.90. The van der Waals surface area contributed by atoms with E-state index in [1.165, 1.54) is 12.8 Å². The van der Waals surface area contributed by atoms with Crippen molar-refractivity contribution in [3.8, 4) is 0 Å². The molecule has 3 N–H and O–H groups in total. The van der Waals surface area contributed by atoms with Crippen molar-refractivity contribution < 1.29 is 5.11 Å². The van der Waals surface area contributed by atoms with Gasteiger partial charge in [0.1, 0.15) is 5.82 Å². The second-order valence-electron chi connectivity index (χ2n) is 6.36. The topological polar surface area (TPSA) is 75.3 Å². The average Bonchev–Trinajstić information content (AvgIpc) is 2.49. The molecule has 0 saturated carbocycles. The molecule has 2 heterocycles. The minimum atomic E-state index is 0.105. The highest BCUT2D eigenvalue weighted by Gasteiger charge is 2.34. The average molecular weight is 292 g/mol. The van der Waals surface area contributed by atoms with Crippen LogP contribution in [0.15, 0.2) is 0 Å². The third-order valence-corrected chi connectivity index (χ3v) is 4.90. The number of aliphatic hydroxyl groups is 1. The van der Waals surface area contributed by atoms with Gasteiger partial charge in [0.25, 0.3) is 0 Å². The van der Waals surface area contributed by atoms with Gasteiger partial charge in [-0.05, 0) is 38.5 Å². The number of rotatable bonds is 5. The lowest BCUT2D eigenvalue weighted by Gasteiger charge is -2.41. The molecule has 1 aromatic heterocycles. The molecule has 21 heavy (non-hydrogen) atoms. The maximum atomic E-state index is 9.80. The summed E-state index contributed by atoms with van der Waals surface area (Å²) in [5.74, 6) is 1.31. The first kappa shape index (κ1) is 16.0. The lowest BCUT2D eigenvalue weighted by Crippen LogP contribution is -2.42. The van der Waals surface area contributed by atoms with Gasteiger partial charge >= 0.3 is 0 Å². The van der Waals surface area contributed by atoms with E-state index in [0.717, 1.165) is 49.4 Å². The Morgan fingerprint density at radius 3 is 2.48 bits per heavy atom. The third kappa shape index (κ3) is 3.46. The Bertz CT molecular complexity index is 481. The molecule has 0 atom stereocenters. The molecule has 1 saturated heterocycles. The van der Waals surface area contributed by atoms with E-state index in [0.29, 0.717) is 12.6 Å². The summed E-state index contributed by atoms with van der Waals surface area (Å²) in [4.78, 5) is 10.9. The molecule has 2 rings (SSSR count). The lowest BCUT2D eigenvalue weighted by atomic mass is 9.75. The van der Waals surface area contributed by atoms with Crippen molar-refractivity contribution >= 4 is 11.8 Å². The molecule has 0 aromatic carbocycles. The van der Waals surface area contributed by atoms with Crippen LogP contribution < -0.4 is 10.6 Å². The van der Waals surface area contributed by atoms with E-state index in [9.17, 15) is 5.11 Å². The minimum absolute atomic E-state index is 0.105. The molecule has 0 amide bonds. The van der Waals surface area contributed by atoms with Gasteiger partial charge in [0.15, 0.2) is 0 Å². The van der Waals surface area contributed by atoms with Crippen LogP contribution >= 0.6 is 0 Å². The highest BCUT2D eigenvalue weighted by atomic mass is 16.3. The SMILES string of the molecule is CCCCC1(CO)CCN(c2nc(N)nc(C)c2C)CC1. The van der Waals surface area contributed by atoms with E-state index in [1.807, 2.05) is 6.92 Å². The number of nitrogen functional groups attached to an aromatic ring is 1. The molecule has 1 fully saturated rings. The number of nitrogens with two attached hydrogens (primary N) is 1. The maximum Gasteiger partial charge on any atom is 0.222 e. The molecular formula is C16H28N4O. The molecule has 0 bridgehead atoms. The standard InChI is InChI=1S/C16H28N4O/c1-4-5-6-16(11-21)7-9-20(10-8-16)14-12(2)13(3)18-15(17)19-14/h21H,4-11H2,1-3H3,(H2,17,18,19). The Morgan fingerprint density at radius 1 is 1.24 bits per heavy atom. The second-order valence-corrected chi connectivity index (χ2v) is 6.36. The van der Waals surface area contributed by atoms with Gasteiger partial charge in [-0.2, -0.15) is 4.98 Å². The van der Waals surface area contributed by atoms with Crippen LogP contribution in [0.2, 0.25) is 0 Å². The van der Waals surface area contributed by atoms with Gasteiger partial charge in [0, 0.05) is 31.0 Å². The summed E-state index contributed by atoms with van der Waals surface area (Å²) >= 11 is 0. The first-order valence-corrected chi connectivity index (χ1v) is 7.98. The molecule has 5 heteroatoms. The van der Waals surface area contributed by atoms with E-state index >= 15 is 0 Å². The van der Waals surface area contributed by atoms with Crippen molar-refractivity contribution in [2.24, 2.45) is 5.41 Å². The summed E-state index contributed by atoms with van der Waals surface area (Å²) in [5, 5.41) is 9.80. The predicted molar refractivity (Wildman–Crippen MR) is 86.4 cm³/mol. The minimum Gasteiger partial charge on any atom is -0.396 e. The number of unbranched alkanes of at least 4 members (excludes halogenated alkanes) is 1. The Hall–Kier alpha value is -1.36. The molecular weight excluding hydrogens is 264 g/mol. The van der Waals surface area contributed by atoms with Crippen molar-refractivity contribution in [3.63, 3.8) is 0 Å². The number of hydrogen-bond acceptors (Lipinski definition) is 5. The van der Waals surface area contributed by atoms with E-state index < -0.39 is 0 Å². The van der Waals surface area contributed by atoms with Crippen LogP contribution in [0.3, 0.4) is 0 Å². The van der Waals surface area contributed by atoms with E-state index in [2.05, 4.69) is 28.7 Å². The number of anilines is 2.